The van der Waals surface area contributed by atoms with Crippen molar-refractivity contribution in [3.8, 4) is 11.1 Å². The van der Waals surface area contributed by atoms with E-state index in [1.807, 2.05) is 18.3 Å². The van der Waals surface area contributed by atoms with Crippen molar-refractivity contribution in [3.63, 3.8) is 0 Å². The molecule has 0 bridgehead atoms. The Hall–Kier alpha value is -3.70. The van der Waals surface area contributed by atoms with Crippen LogP contribution in [0.5, 0.6) is 0 Å². The minimum absolute atomic E-state index is 0.00454. The van der Waals surface area contributed by atoms with Crippen LogP contribution in [0.15, 0.2) is 42.9 Å². The number of carbonyl (C=O) groups excluding carboxylic acids is 1. The summed E-state index contributed by atoms with van der Waals surface area (Å²) in [6.45, 7) is 0.255. The standard InChI is InChI=1S/C25H22F4N4O3/c1-32-10-15(8-30-32)14-4-2-13(3-5-14)9-33-11-16(25(35)31-17-6-7-36-12-18(17)34)19-20(26)21(27)22(28)23(29)24(19)33/h2-5,8,10-11,17-18,34H,6-7,9,12H2,1H3,(H,31,35)/t17-,18-/m1/s1. The highest BCUT2D eigenvalue weighted by atomic mass is 19.2. The first-order valence-electron chi connectivity index (χ1n) is 11.2. The predicted octanol–water partition coefficient (Wildman–Crippen LogP) is 3.53. The molecule has 0 radical (unpaired) electrons. The number of benzene rings is 2. The van der Waals surface area contributed by atoms with Crippen molar-refractivity contribution >= 4 is 16.8 Å². The molecule has 2 atom stereocenters. The number of aliphatic hydroxyl groups is 1. The van der Waals surface area contributed by atoms with Crippen molar-refractivity contribution in [2.75, 3.05) is 13.2 Å². The topological polar surface area (TPSA) is 81.3 Å². The van der Waals surface area contributed by atoms with E-state index in [0.29, 0.717) is 18.6 Å². The fraction of sp³-hybridized carbons (Fsp3) is 0.280. The Balaban J connectivity index is 1.53. The number of ether oxygens (including phenoxy) is 1. The maximum absolute atomic E-state index is 14.9. The Bertz CT molecular complexity index is 1450. The highest BCUT2D eigenvalue weighted by Gasteiger charge is 2.31. The van der Waals surface area contributed by atoms with Gasteiger partial charge in [-0.2, -0.15) is 5.10 Å². The van der Waals surface area contributed by atoms with Crippen molar-refractivity contribution in [3.05, 3.63) is 77.3 Å². The van der Waals surface area contributed by atoms with Gasteiger partial charge in [0.15, 0.2) is 23.3 Å². The second-order valence-electron chi connectivity index (χ2n) is 8.76. The van der Waals surface area contributed by atoms with Crippen molar-refractivity contribution in [1.29, 1.82) is 0 Å². The predicted molar refractivity (Wildman–Crippen MR) is 122 cm³/mol. The Kier molecular flexibility index (Phi) is 6.27. The van der Waals surface area contributed by atoms with Crippen LogP contribution in [0.4, 0.5) is 17.6 Å². The summed E-state index contributed by atoms with van der Waals surface area (Å²) in [6, 6.07) is 6.44. The average molecular weight is 502 g/mol. The van der Waals surface area contributed by atoms with E-state index in [0.717, 1.165) is 17.3 Å². The molecular formula is C25H22F4N4O3. The molecule has 1 saturated heterocycles. The first-order chi connectivity index (χ1) is 17.2. The number of aliphatic hydroxyl groups excluding tert-OH is 1. The molecule has 1 aliphatic heterocycles. The van der Waals surface area contributed by atoms with Gasteiger partial charge >= 0.3 is 0 Å². The van der Waals surface area contributed by atoms with Gasteiger partial charge in [0.25, 0.3) is 5.91 Å². The number of halogens is 4. The third kappa shape index (κ3) is 4.24. The molecule has 36 heavy (non-hydrogen) atoms. The summed E-state index contributed by atoms with van der Waals surface area (Å²) >= 11 is 0. The number of hydrogen-bond donors (Lipinski definition) is 2. The zero-order valence-corrected chi connectivity index (χ0v) is 19.1. The lowest BCUT2D eigenvalue weighted by molar-refractivity contribution is -0.0260. The van der Waals surface area contributed by atoms with Gasteiger partial charge in [-0.15, -0.1) is 0 Å². The van der Waals surface area contributed by atoms with E-state index in [1.165, 1.54) is 4.57 Å². The summed E-state index contributed by atoms with van der Waals surface area (Å²) in [7, 11) is 1.79. The normalized spacial score (nSPS) is 18.1. The molecule has 11 heteroatoms. The van der Waals surface area contributed by atoms with E-state index in [-0.39, 0.29) is 18.7 Å². The van der Waals surface area contributed by atoms with Gasteiger partial charge in [-0.25, -0.2) is 17.6 Å². The van der Waals surface area contributed by atoms with Gasteiger partial charge in [0.05, 0.1) is 41.4 Å². The van der Waals surface area contributed by atoms with Gasteiger partial charge in [0.2, 0.25) is 0 Å². The molecule has 2 aromatic carbocycles. The van der Waals surface area contributed by atoms with Gasteiger partial charge in [-0.05, 0) is 17.5 Å². The largest absolute Gasteiger partial charge is 0.389 e. The summed E-state index contributed by atoms with van der Waals surface area (Å²) in [5.41, 5.74) is 1.47. The fourth-order valence-electron chi connectivity index (χ4n) is 4.42. The number of aryl methyl sites for hydroxylation is 1. The molecule has 0 spiro atoms. The first-order valence-corrected chi connectivity index (χ1v) is 11.2. The molecule has 5 rings (SSSR count). The molecule has 0 saturated carbocycles. The Labute approximate surface area is 202 Å². The smallest absolute Gasteiger partial charge is 0.253 e. The van der Waals surface area contributed by atoms with Crippen LogP contribution in [0, 0.1) is 23.3 Å². The number of fused-ring (bicyclic) bond motifs is 1. The SMILES string of the molecule is Cn1cc(-c2ccc(Cn3cc(C(=O)N[C@@H]4CCOC[C@H]4O)c4c(F)c(F)c(F)c(F)c43)cc2)cn1. The number of carbonyl (C=O) groups is 1. The summed E-state index contributed by atoms with van der Waals surface area (Å²) in [4.78, 5) is 13.0. The third-order valence-corrected chi connectivity index (χ3v) is 6.32. The van der Waals surface area contributed by atoms with Gasteiger partial charge in [0, 0.05) is 38.2 Å². The maximum atomic E-state index is 14.9. The van der Waals surface area contributed by atoms with Crippen LogP contribution < -0.4 is 5.32 Å². The lowest BCUT2D eigenvalue weighted by Gasteiger charge is -2.28. The lowest BCUT2D eigenvalue weighted by Crippen LogP contribution is -2.48. The van der Waals surface area contributed by atoms with Crippen LogP contribution in [0.1, 0.15) is 22.3 Å². The molecule has 0 unspecified atom stereocenters. The third-order valence-electron chi connectivity index (χ3n) is 6.32. The van der Waals surface area contributed by atoms with E-state index in [1.54, 1.807) is 30.1 Å². The number of hydrogen-bond acceptors (Lipinski definition) is 4. The van der Waals surface area contributed by atoms with Crippen molar-refractivity contribution in [1.82, 2.24) is 19.7 Å². The van der Waals surface area contributed by atoms with Crippen LogP contribution in [0.25, 0.3) is 22.0 Å². The van der Waals surface area contributed by atoms with Crippen molar-refractivity contribution in [2.45, 2.75) is 25.1 Å². The molecule has 188 valence electrons. The van der Waals surface area contributed by atoms with Crippen LogP contribution in [-0.2, 0) is 18.3 Å². The highest BCUT2D eigenvalue weighted by Crippen LogP contribution is 2.32. The van der Waals surface area contributed by atoms with Crippen LogP contribution in [0.3, 0.4) is 0 Å². The lowest BCUT2D eigenvalue weighted by atomic mass is 10.0. The second kappa shape index (κ2) is 9.40. The molecule has 1 amide bonds. The zero-order chi connectivity index (χ0) is 25.6. The summed E-state index contributed by atoms with van der Waals surface area (Å²) < 4.78 is 66.0. The molecule has 4 aromatic rings. The average Bonchev–Trinajstić information content (AvgIpc) is 3.47. The fourth-order valence-corrected chi connectivity index (χ4v) is 4.42. The summed E-state index contributed by atoms with van der Waals surface area (Å²) in [6.07, 6.45) is 4.00. The summed E-state index contributed by atoms with van der Waals surface area (Å²) in [5.74, 6) is -8.06. The monoisotopic (exact) mass is 502 g/mol. The van der Waals surface area contributed by atoms with Crippen LogP contribution in [0.2, 0.25) is 0 Å². The zero-order valence-electron chi connectivity index (χ0n) is 19.1. The van der Waals surface area contributed by atoms with Gasteiger partial charge in [0.1, 0.15) is 0 Å². The van der Waals surface area contributed by atoms with Gasteiger partial charge in [-0.3, -0.25) is 9.48 Å². The van der Waals surface area contributed by atoms with E-state index in [2.05, 4.69) is 10.4 Å². The Morgan fingerprint density at radius 1 is 1.08 bits per heavy atom. The summed E-state index contributed by atoms with van der Waals surface area (Å²) in [5, 5.41) is 16.1. The van der Waals surface area contributed by atoms with Crippen LogP contribution in [-0.4, -0.2) is 50.7 Å². The molecule has 2 aromatic heterocycles. The molecule has 2 N–H and O–H groups in total. The molecule has 1 fully saturated rings. The molecule has 3 heterocycles. The maximum Gasteiger partial charge on any atom is 0.253 e. The van der Waals surface area contributed by atoms with E-state index < -0.39 is 52.2 Å². The molecule has 1 aliphatic rings. The van der Waals surface area contributed by atoms with Gasteiger partial charge in [-0.1, -0.05) is 24.3 Å². The Morgan fingerprint density at radius 2 is 1.81 bits per heavy atom. The molecule has 0 aliphatic carbocycles. The first kappa shape index (κ1) is 24.0. The number of amides is 1. The van der Waals surface area contributed by atoms with Crippen molar-refractivity contribution < 1.29 is 32.2 Å². The minimum atomic E-state index is -2.00. The van der Waals surface area contributed by atoms with E-state index in [4.69, 9.17) is 4.74 Å². The van der Waals surface area contributed by atoms with E-state index in [9.17, 15) is 27.5 Å². The number of rotatable bonds is 5. The number of nitrogens with one attached hydrogen (secondary N) is 1. The number of aromatic nitrogens is 3. The number of nitrogens with zero attached hydrogens (tertiary/aromatic N) is 3. The van der Waals surface area contributed by atoms with Crippen molar-refractivity contribution in [2.24, 2.45) is 7.05 Å². The van der Waals surface area contributed by atoms with E-state index >= 15 is 0 Å². The quantitative estimate of drug-likeness (QED) is 0.249. The molecule has 7 nitrogen and oxygen atoms in total. The van der Waals surface area contributed by atoms with Crippen LogP contribution >= 0.6 is 0 Å². The highest BCUT2D eigenvalue weighted by molar-refractivity contribution is 6.07. The second-order valence-corrected chi connectivity index (χ2v) is 8.76. The molecular weight excluding hydrogens is 480 g/mol. The Morgan fingerprint density at radius 3 is 2.47 bits per heavy atom. The van der Waals surface area contributed by atoms with Gasteiger partial charge < -0.3 is 19.7 Å². The minimum Gasteiger partial charge on any atom is -0.389 e.